The quantitative estimate of drug-likeness (QED) is 0.326. The highest BCUT2D eigenvalue weighted by atomic mass is 127. The molecule has 6 heteroatoms. The highest BCUT2D eigenvalue weighted by Gasteiger charge is 2.24. The molecule has 0 spiro atoms. The lowest BCUT2D eigenvalue weighted by molar-refractivity contribution is 0.153. The van der Waals surface area contributed by atoms with Gasteiger partial charge in [-0.25, -0.2) is 0 Å². The van der Waals surface area contributed by atoms with Crippen LogP contribution in [-0.4, -0.2) is 64.5 Å². The number of hydrogen-bond acceptors (Lipinski definition) is 3. The van der Waals surface area contributed by atoms with Gasteiger partial charge in [0.05, 0.1) is 19.8 Å². The molecule has 2 heterocycles. The van der Waals surface area contributed by atoms with E-state index in [1.165, 1.54) is 12.0 Å². The molecular weight excluding hydrogens is 381 g/mol. The lowest BCUT2D eigenvalue weighted by Gasteiger charge is -2.22. The molecule has 0 bridgehead atoms. The summed E-state index contributed by atoms with van der Waals surface area (Å²) in [5.41, 5.74) is 1.50. The van der Waals surface area contributed by atoms with E-state index in [1.54, 1.807) is 7.11 Å². The fraction of sp³-hybridized carbons (Fsp3) is 0.800. The Morgan fingerprint density at radius 1 is 1.57 bits per heavy atom. The number of guanidine groups is 1. The zero-order valence-corrected chi connectivity index (χ0v) is 15.5. The minimum Gasteiger partial charge on any atom is -0.384 e. The summed E-state index contributed by atoms with van der Waals surface area (Å²) in [5, 5.41) is 3.47. The normalized spacial score (nSPS) is 22.8. The van der Waals surface area contributed by atoms with Gasteiger partial charge in [-0.05, 0) is 19.3 Å². The molecule has 0 amide bonds. The van der Waals surface area contributed by atoms with Crippen LogP contribution in [0.15, 0.2) is 16.6 Å². The van der Waals surface area contributed by atoms with Crippen LogP contribution >= 0.6 is 24.0 Å². The summed E-state index contributed by atoms with van der Waals surface area (Å²) in [7, 11) is 3.64. The summed E-state index contributed by atoms with van der Waals surface area (Å²) in [6.07, 6.45) is 5.55. The van der Waals surface area contributed by atoms with Crippen LogP contribution in [0.5, 0.6) is 0 Å². The van der Waals surface area contributed by atoms with Crippen molar-refractivity contribution in [1.29, 1.82) is 0 Å². The molecule has 5 nitrogen and oxygen atoms in total. The van der Waals surface area contributed by atoms with Gasteiger partial charge in [-0.3, -0.25) is 4.99 Å². The van der Waals surface area contributed by atoms with Crippen LogP contribution in [0.2, 0.25) is 0 Å². The van der Waals surface area contributed by atoms with Crippen molar-refractivity contribution < 1.29 is 9.47 Å². The van der Waals surface area contributed by atoms with Crippen molar-refractivity contribution in [3.05, 3.63) is 11.6 Å². The number of methoxy groups -OCH3 is 1. The van der Waals surface area contributed by atoms with Crippen molar-refractivity contribution in [2.24, 2.45) is 10.9 Å². The van der Waals surface area contributed by atoms with Crippen LogP contribution in [0.3, 0.4) is 0 Å². The van der Waals surface area contributed by atoms with Crippen molar-refractivity contribution in [2.45, 2.75) is 19.3 Å². The van der Waals surface area contributed by atoms with E-state index >= 15 is 0 Å². The third-order valence-corrected chi connectivity index (χ3v) is 3.99. The molecule has 21 heavy (non-hydrogen) atoms. The molecule has 0 aromatic carbocycles. The number of hydrogen-bond donors (Lipinski definition) is 1. The first kappa shape index (κ1) is 18.7. The second-order valence-corrected chi connectivity index (χ2v) is 5.47. The van der Waals surface area contributed by atoms with Crippen molar-refractivity contribution in [2.75, 3.05) is 53.6 Å². The van der Waals surface area contributed by atoms with E-state index < -0.39 is 0 Å². The molecule has 0 aromatic rings. The number of ether oxygens (including phenoxy) is 2. The lowest BCUT2D eigenvalue weighted by Crippen LogP contribution is -2.40. The second-order valence-electron chi connectivity index (χ2n) is 5.47. The first-order chi connectivity index (χ1) is 9.83. The highest BCUT2D eigenvalue weighted by Crippen LogP contribution is 2.16. The maximum atomic E-state index is 5.32. The van der Waals surface area contributed by atoms with E-state index in [4.69, 9.17) is 9.47 Å². The largest absolute Gasteiger partial charge is 0.384 e. The third kappa shape index (κ3) is 6.12. The van der Waals surface area contributed by atoms with E-state index in [0.29, 0.717) is 5.92 Å². The number of nitrogens with zero attached hydrogens (tertiary/aromatic N) is 2. The zero-order chi connectivity index (χ0) is 14.2. The smallest absolute Gasteiger partial charge is 0.193 e. The Bertz CT molecular complexity index is 361. The fourth-order valence-electron chi connectivity index (χ4n) is 2.86. The molecule has 1 saturated heterocycles. The van der Waals surface area contributed by atoms with Gasteiger partial charge in [0.25, 0.3) is 0 Å². The Labute approximate surface area is 145 Å². The highest BCUT2D eigenvalue weighted by molar-refractivity contribution is 14.0. The molecule has 0 aliphatic carbocycles. The average molecular weight is 409 g/mol. The summed E-state index contributed by atoms with van der Waals surface area (Å²) in [4.78, 5) is 6.73. The first-order valence-corrected chi connectivity index (χ1v) is 7.53. The third-order valence-electron chi connectivity index (χ3n) is 3.99. The standard InChI is InChI=1S/C15H27N3O2.HI/c1-16-15(18-8-4-14(11-18)12-19-2)17-7-3-13-5-9-20-10-6-13;/h5,14H,3-4,6-12H2,1-2H3,(H,16,17);1H. The van der Waals surface area contributed by atoms with Crippen LogP contribution in [0.4, 0.5) is 0 Å². The second kappa shape index (κ2) is 10.4. The van der Waals surface area contributed by atoms with Crippen LogP contribution in [0, 0.1) is 5.92 Å². The van der Waals surface area contributed by atoms with E-state index in [0.717, 1.165) is 58.3 Å². The molecule has 1 unspecified atom stereocenters. The Balaban J connectivity index is 0.00000220. The number of aliphatic imine (C=N–C) groups is 1. The molecule has 2 aliphatic rings. The minimum atomic E-state index is 0. The van der Waals surface area contributed by atoms with Gasteiger partial charge in [-0.1, -0.05) is 11.6 Å². The molecule has 122 valence electrons. The lowest BCUT2D eigenvalue weighted by atomic mass is 10.1. The molecule has 2 rings (SSSR count). The molecule has 2 aliphatic heterocycles. The van der Waals surface area contributed by atoms with Gasteiger partial charge in [0.1, 0.15) is 0 Å². The van der Waals surface area contributed by atoms with Gasteiger partial charge in [0.2, 0.25) is 0 Å². The van der Waals surface area contributed by atoms with Gasteiger partial charge in [0.15, 0.2) is 5.96 Å². The van der Waals surface area contributed by atoms with E-state index in [9.17, 15) is 0 Å². The van der Waals surface area contributed by atoms with Crippen LogP contribution in [-0.2, 0) is 9.47 Å². The molecule has 0 aromatic heterocycles. The van der Waals surface area contributed by atoms with Crippen molar-refractivity contribution >= 4 is 29.9 Å². The summed E-state index contributed by atoms with van der Waals surface area (Å²) in [6.45, 7) is 5.55. The maximum absolute atomic E-state index is 5.32. The van der Waals surface area contributed by atoms with E-state index in [2.05, 4.69) is 21.3 Å². The molecular formula is C15H28IN3O2. The Morgan fingerprint density at radius 3 is 3.10 bits per heavy atom. The number of likely N-dealkylation sites (tertiary alicyclic amines) is 1. The number of halogens is 1. The zero-order valence-electron chi connectivity index (χ0n) is 13.1. The summed E-state index contributed by atoms with van der Waals surface area (Å²) in [6, 6.07) is 0. The van der Waals surface area contributed by atoms with Gasteiger partial charge in [-0.2, -0.15) is 0 Å². The predicted octanol–water partition coefficient (Wildman–Crippen LogP) is 1.88. The van der Waals surface area contributed by atoms with Gasteiger partial charge >= 0.3 is 0 Å². The first-order valence-electron chi connectivity index (χ1n) is 7.53. The number of nitrogens with one attached hydrogen (secondary N) is 1. The maximum Gasteiger partial charge on any atom is 0.193 e. The fourth-order valence-corrected chi connectivity index (χ4v) is 2.86. The van der Waals surface area contributed by atoms with Crippen molar-refractivity contribution in [1.82, 2.24) is 10.2 Å². The SMILES string of the molecule is CN=C(NCCC1=CCOCC1)N1CCC(COC)C1.I. The molecule has 0 radical (unpaired) electrons. The molecule has 1 N–H and O–H groups in total. The molecule has 0 saturated carbocycles. The minimum absolute atomic E-state index is 0. The van der Waals surface area contributed by atoms with Crippen LogP contribution < -0.4 is 5.32 Å². The summed E-state index contributed by atoms with van der Waals surface area (Å²) >= 11 is 0. The van der Waals surface area contributed by atoms with Gasteiger partial charge in [0, 0.05) is 39.7 Å². The summed E-state index contributed by atoms with van der Waals surface area (Å²) in [5.74, 6) is 1.66. The van der Waals surface area contributed by atoms with Gasteiger partial charge < -0.3 is 19.7 Å². The van der Waals surface area contributed by atoms with Crippen LogP contribution in [0.25, 0.3) is 0 Å². The molecule has 1 fully saturated rings. The summed E-state index contributed by atoms with van der Waals surface area (Å²) < 4.78 is 10.6. The monoisotopic (exact) mass is 409 g/mol. The van der Waals surface area contributed by atoms with Crippen LogP contribution in [0.1, 0.15) is 19.3 Å². The van der Waals surface area contributed by atoms with Crippen molar-refractivity contribution in [3.8, 4) is 0 Å². The Kier molecular flexibility index (Phi) is 9.26. The Hall–Kier alpha value is -0.340. The number of rotatable bonds is 5. The molecule has 1 atom stereocenters. The Morgan fingerprint density at radius 2 is 2.43 bits per heavy atom. The topological polar surface area (TPSA) is 46.1 Å². The van der Waals surface area contributed by atoms with Crippen molar-refractivity contribution in [3.63, 3.8) is 0 Å². The predicted molar refractivity (Wildman–Crippen MR) is 96.5 cm³/mol. The van der Waals surface area contributed by atoms with E-state index in [1.807, 2.05) is 7.05 Å². The van der Waals surface area contributed by atoms with Gasteiger partial charge in [-0.15, -0.1) is 24.0 Å². The average Bonchev–Trinajstić information content (AvgIpc) is 2.94. The van der Waals surface area contributed by atoms with E-state index in [-0.39, 0.29) is 24.0 Å².